The van der Waals surface area contributed by atoms with E-state index in [9.17, 15) is 0 Å². The van der Waals surface area contributed by atoms with Crippen LogP contribution in [0.4, 0.5) is 0 Å². The highest BCUT2D eigenvalue weighted by Crippen LogP contribution is 2.13. The first-order chi connectivity index (χ1) is 8.69. The van der Waals surface area contributed by atoms with E-state index in [1.807, 2.05) is 0 Å². The highest BCUT2D eigenvalue weighted by atomic mass is 16.5. The molecule has 0 aromatic rings. The predicted octanol–water partition coefficient (Wildman–Crippen LogP) is 1.02. The normalized spacial score (nSPS) is 27.7. The molecule has 0 bridgehead atoms. The summed E-state index contributed by atoms with van der Waals surface area (Å²) in [6.45, 7) is 10.4. The first-order valence-corrected chi connectivity index (χ1v) is 6.97. The summed E-state index contributed by atoms with van der Waals surface area (Å²) in [6, 6.07) is 0.603. The summed E-state index contributed by atoms with van der Waals surface area (Å²) in [4.78, 5) is 4.90. The Morgan fingerprint density at radius 2 is 2.06 bits per heavy atom. The van der Waals surface area contributed by atoms with Crippen molar-refractivity contribution in [3.8, 4) is 0 Å². The number of piperidine rings is 1. The molecule has 0 amide bonds. The molecule has 1 N–H and O–H groups in total. The molecule has 0 aliphatic carbocycles. The van der Waals surface area contributed by atoms with Crippen molar-refractivity contribution in [3.63, 3.8) is 0 Å². The van der Waals surface area contributed by atoms with E-state index in [1.54, 1.807) is 0 Å². The minimum Gasteiger partial charge on any atom is -0.411 e. The second kappa shape index (κ2) is 6.50. The Labute approximate surface area is 109 Å². The van der Waals surface area contributed by atoms with Crippen LogP contribution in [0.5, 0.6) is 0 Å². The SMILES string of the molecule is CC(C)N1CCOC(CN2CCC(=NO)CC2)C1. The average molecular weight is 255 g/mol. The lowest BCUT2D eigenvalue weighted by Crippen LogP contribution is -2.50. The zero-order chi connectivity index (χ0) is 13.0. The minimum absolute atomic E-state index is 0.328. The zero-order valence-electron chi connectivity index (χ0n) is 11.5. The molecule has 0 saturated carbocycles. The highest BCUT2D eigenvalue weighted by molar-refractivity contribution is 5.84. The van der Waals surface area contributed by atoms with Crippen LogP contribution < -0.4 is 0 Å². The van der Waals surface area contributed by atoms with Gasteiger partial charge in [0.2, 0.25) is 0 Å². The predicted molar refractivity (Wildman–Crippen MR) is 71.3 cm³/mol. The molecule has 104 valence electrons. The van der Waals surface area contributed by atoms with Crippen molar-refractivity contribution in [2.45, 2.75) is 38.8 Å². The van der Waals surface area contributed by atoms with Crippen molar-refractivity contribution < 1.29 is 9.94 Å². The second-order valence-corrected chi connectivity index (χ2v) is 5.55. The van der Waals surface area contributed by atoms with E-state index in [0.29, 0.717) is 12.1 Å². The van der Waals surface area contributed by atoms with Gasteiger partial charge in [-0.05, 0) is 13.8 Å². The van der Waals surface area contributed by atoms with Gasteiger partial charge in [0, 0.05) is 51.6 Å². The number of likely N-dealkylation sites (tertiary alicyclic amines) is 1. The largest absolute Gasteiger partial charge is 0.411 e. The summed E-state index contributed by atoms with van der Waals surface area (Å²) in [5, 5.41) is 12.0. The summed E-state index contributed by atoms with van der Waals surface area (Å²) >= 11 is 0. The van der Waals surface area contributed by atoms with Gasteiger partial charge in [-0.2, -0.15) is 0 Å². The average Bonchev–Trinajstić information content (AvgIpc) is 2.40. The van der Waals surface area contributed by atoms with Gasteiger partial charge < -0.3 is 9.94 Å². The Kier molecular flexibility index (Phi) is 4.97. The van der Waals surface area contributed by atoms with Crippen LogP contribution in [-0.4, -0.2) is 72.2 Å². The molecule has 1 unspecified atom stereocenters. The van der Waals surface area contributed by atoms with Crippen LogP contribution in [0.1, 0.15) is 26.7 Å². The summed E-state index contributed by atoms with van der Waals surface area (Å²) < 4.78 is 5.85. The Morgan fingerprint density at radius 3 is 2.67 bits per heavy atom. The number of morpholine rings is 1. The van der Waals surface area contributed by atoms with Crippen LogP contribution >= 0.6 is 0 Å². The molecule has 0 aromatic carbocycles. The fourth-order valence-electron chi connectivity index (χ4n) is 2.70. The first kappa shape index (κ1) is 13.8. The van der Waals surface area contributed by atoms with E-state index < -0.39 is 0 Å². The molecule has 0 radical (unpaired) electrons. The number of ether oxygens (including phenoxy) is 1. The molecule has 2 heterocycles. The summed E-state index contributed by atoms with van der Waals surface area (Å²) in [7, 11) is 0. The van der Waals surface area contributed by atoms with Gasteiger partial charge >= 0.3 is 0 Å². The number of hydrogen-bond acceptors (Lipinski definition) is 5. The Morgan fingerprint density at radius 1 is 1.33 bits per heavy atom. The van der Waals surface area contributed by atoms with Gasteiger partial charge in [0.05, 0.1) is 18.4 Å². The lowest BCUT2D eigenvalue weighted by atomic mass is 10.1. The van der Waals surface area contributed by atoms with Gasteiger partial charge in [0.25, 0.3) is 0 Å². The lowest BCUT2D eigenvalue weighted by Gasteiger charge is -2.38. The molecule has 2 saturated heterocycles. The Hall–Kier alpha value is -0.650. The molecule has 0 spiro atoms. The third kappa shape index (κ3) is 3.67. The van der Waals surface area contributed by atoms with E-state index in [0.717, 1.165) is 57.9 Å². The van der Waals surface area contributed by atoms with Gasteiger partial charge in [-0.15, -0.1) is 0 Å². The highest BCUT2D eigenvalue weighted by Gasteiger charge is 2.25. The van der Waals surface area contributed by atoms with Gasteiger partial charge in [-0.3, -0.25) is 9.80 Å². The summed E-state index contributed by atoms with van der Waals surface area (Å²) in [5.74, 6) is 0. The van der Waals surface area contributed by atoms with Crippen LogP contribution in [0.2, 0.25) is 0 Å². The number of rotatable bonds is 3. The van der Waals surface area contributed by atoms with Gasteiger partial charge in [-0.25, -0.2) is 0 Å². The maximum Gasteiger partial charge on any atom is 0.0829 e. The molecular formula is C13H25N3O2. The molecule has 2 fully saturated rings. The van der Waals surface area contributed by atoms with Crippen molar-refractivity contribution in [2.75, 3.05) is 39.3 Å². The smallest absolute Gasteiger partial charge is 0.0829 e. The molecule has 2 aliphatic heterocycles. The standard InChI is InChI=1S/C13H25N3O2/c1-11(2)16-7-8-18-13(10-16)9-15-5-3-12(14-17)4-6-15/h11,13,17H,3-10H2,1-2H3. The van der Waals surface area contributed by atoms with Crippen LogP contribution in [0, 0.1) is 0 Å². The van der Waals surface area contributed by atoms with Gasteiger partial charge in [-0.1, -0.05) is 5.16 Å². The van der Waals surface area contributed by atoms with Crippen LogP contribution in [0.25, 0.3) is 0 Å². The number of nitrogens with zero attached hydrogens (tertiary/aromatic N) is 3. The molecule has 1 atom stereocenters. The maximum absolute atomic E-state index is 8.73. The summed E-state index contributed by atoms with van der Waals surface area (Å²) in [5.41, 5.74) is 0.930. The second-order valence-electron chi connectivity index (χ2n) is 5.55. The quantitative estimate of drug-likeness (QED) is 0.604. The molecule has 5 nitrogen and oxygen atoms in total. The van der Waals surface area contributed by atoms with Gasteiger partial charge in [0.1, 0.15) is 0 Å². The molecule has 0 aromatic heterocycles. The fourth-order valence-corrected chi connectivity index (χ4v) is 2.70. The van der Waals surface area contributed by atoms with Gasteiger partial charge in [0.15, 0.2) is 0 Å². The monoisotopic (exact) mass is 255 g/mol. The van der Waals surface area contributed by atoms with E-state index >= 15 is 0 Å². The fraction of sp³-hybridized carbons (Fsp3) is 0.923. The zero-order valence-corrected chi connectivity index (χ0v) is 11.5. The molecule has 5 heteroatoms. The Bertz CT molecular complexity index is 284. The summed E-state index contributed by atoms with van der Waals surface area (Å²) in [6.07, 6.45) is 2.10. The van der Waals surface area contributed by atoms with E-state index in [1.165, 1.54) is 0 Å². The van der Waals surface area contributed by atoms with Crippen LogP contribution in [-0.2, 0) is 4.74 Å². The van der Waals surface area contributed by atoms with Crippen LogP contribution in [0.3, 0.4) is 0 Å². The lowest BCUT2D eigenvalue weighted by molar-refractivity contribution is -0.0522. The first-order valence-electron chi connectivity index (χ1n) is 6.97. The van der Waals surface area contributed by atoms with Crippen molar-refractivity contribution in [1.29, 1.82) is 0 Å². The van der Waals surface area contributed by atoms with Crippen molar-refractivity contribution >= 4 is 5.71 Å². The van der Waals surface area contributed by atoms with E-state index in [4.69, 9.17) is 9.94 Å². The third-order valence-electron chi connectivity index (χ3n) is 3.94. The molecule has 2 aliphatic rings. The topological polar surface area (TPSA) is 48.3 Å². The van der Waals surface area contributed by atoms with Crippen LogP contribution in [0.15, 0.2) is 5.16 Å². The molecule has 2 rings (SSSR count). The number of oxime groups is 1. The van der Waals surface area contributed by atoms with E-state index in [-0.39, 0.29) is 0 Å². The number of hydrogen-bond donors (Lipinski definition) is 1. The molecular weight excluding hydrogens is 230 g/mol. The Balaban J connectivity index is 1.76. The third-order valence-corrected chi connectivity index (χ3v) is 3.94. The van der Waals surface area contributed by atoms with Crippen molar-refractivity contribution in [3.05, 3.63) is 0 Å². The van der Waals surface area contributed by atoms with E-state index in [2.05, 4.69) is 28.8 Å². The van der Waals surface area contributed by atoms with Crippen molar-refractivity contribution in [2.24, 2.45) is 5.16 Å². The molecule has 18 heavy (non-hydrogen) atoms. The minimum atomic E-state index is 0.328. The van der Waals surface area contributed by atoms with Crippen molar-refractivity contribution in [1.82, 2.24) is 9.80 Å². The maximum atomic E-state index is 8.73.